The molecule has 0 unspecified atom stereocenters. The van der Waals surface area contributed by atoms with E-state index < -0.39 is 5.60 Å². The fourth-order valence-corrected chi connectivity index (χ4v) is 3.87. The first kappa shape index (κ1) is 23.8. The molecule has 0 spiro atoms. The number of ether oxygens (including phenoxy) is 1. The Labute approximate surface area is 204 Å². The van der Waals surface area contributed by atoms with E-state index in [2.05, 4.69) is 25.6 Å². The summed E-state index contributed by atoms with van der Waals surface area (Å²) in [5, 5.41) is 7.33. The van der Waals surface area contributed by atoms with E-state index in [9.17, 15) is 4.79 Å². The highest BCUT2D eigenvalue weighted by Gasteiger charge is 2.26. The summed E-state index contributed by atoms with van der Waals surface area (Å²) in [4.78, 5) is 27.2. The lowest BCUT2D eigenvalue weighted by molar-refractivity contribution is 0.0210. The molecule has 2 N–H and O–H groups in total. The van der Waals surface area contributed by atoms with Gasteiger partial charge < -0.3 is 20.3 Å². The number of nitrogens with zero attached hydrogens (tertiary/aromatic N) is 4. The second-order valence-corrected chi connectivity index (χ2v) is 9.72. The number of carbonyl (C=O) groups is 1. The number of aromatic nitrogens is 3. The lowest BCUT2D eigenvalue weighted by Gasteiger charge is -2.34. The van der Waals surface area contributed by atoms with E-state index in [1.807, 2.05) is 51.1 Å². The van der Waals surface area contributed by atoms with Crippen molar-refractivity contribution in [2.45, 2.75) is 45.3 Å². The van der Waals surface area contributed by atoms with E-state index in [4.69, 9.17) is 16.3 Å². The highest BCUT2D eigenvalue weighted by atomic mass is 35.5. The highest BCUT2D eigenvalue weighted by molar-refractivity contribution is 6.30. The van der Waals surface area contributed by atoms with Crippen LogP contribution >= 0.6 is 11.6 Å². The van der Waals surface area contributed by atoms with Gasteiger partial charge in [0, 0.05) is 65.8 Å². The van der Waals surface area contributed by atoms with Crippen LogP contribution < -0.4 is 10.6 Å². The number of anilines is 3. The molecule has 3 aromatic rings. The Kier molecular flexibility index (Phi) is 7.17. The van der Waals surface area contributed by atoms with E-state index >= 15 is 0 Å². The maximum absolute atomic E-state index is 12.3. The van der Waals surface area contributed by atoms with Gasteiger partial charge in [0.05, 0.1) is 5.69 Å². The molecule has 1 amide bonds. The van der Waals surface area contributed by atoms with Crippen molar-refractivity contribution in [1.82, 2.24) is 19.9 Å². The Morgan fingerprint density at radius 1 is 1.03 bits per heavy atom. The molecule has 34 heavy (non-hydrogen) atoms. The van der Waals surface area contributed by atoms with E-state index in [0.717, 1.165) is 35.3 Å². The van der Waals surface area contributed by atoms with E-state index in [0.29, 0.717) is 24.1 Å². The highest BCUT2D eigenvalue weighted by Crippen LogP contribution is 2.24. The van der Waals surface area contributed by atoms with Crippen LogP contribution in [0.25, 0.3) is 11.1 Å². The first-order valence-corrected chi connectivity index (χ1v) is 11.7. The summed E-state index contributed by atoms with van der Waals surface area (Å²) < 4.78 is 5.48. The number of rotatable bonds is 5. The zero-order chi connectivity index (χ0) is 24.1. The number of nitrogens with one attached hydrogen (secondary N) is 2. The van der Waals surface area contributed by atoms with Crippen molar-refractivity contribution in [3.63, 3.8) is 0 Å². The minimum atomic E-state index is -0.481. The summed E-state index contributed by atoms with van der Waals surface area (Å²) in [6.45, 7) is 6.97. The molecule has 1 aliphatic rings. The predicted octanol–water partition coefficient (Wildman–Crippen LogP) is 5.75. The van der Waals surface area contributed by atoms with Crippen molar-refractivity contribution >= 4 is 35.0 Å². The third-order valence-corrected chi connectivity index (χ3v) is 5.56. The number of carbonyl (C=O) groups excluding carboxylic acids is 1. The molecule has 178 valence electrons. The molecule has 9 heteroatoms. The number of likely N-dealkylation sites (tertiary alicyclic amines) is 1. The number of hydrogen-bond donors (Lipinski definition) is 2. The minimum absolute atomic E-state index is 0.247. The summed E-state index contributed by atoms with van der Waals surface area (Å²) in [5.41, 5.74) is 3.06. The average molecular weight is 481 g/mol. The Balaban J connectivity index is 1.34. The molecule has 1 fully saturated rings. The standard InChI is InChI=1S/C25H29ClN6O2/c1-25(2,3)34-24(33)32-9-7-20(8-10-32)30-22-11-17(13-27-16-22)18-14-28-23(29-15-18)31-21-6-4-5-19(26)12-21/h4-6,11-16,20,30H,7-10H2,1-3H3,(H,28,29,31). The Bertz CT molecular complexity index is 1120. The van der Waals surface area contributed by atoms with E-state index in [1.54, 1.807) is 29.7 Å². The molecule has 0 saturated carbocycles. The molecular formula is C25H29ClN6O2. The Hall–Kier alpha value is -3.39. The minimum Gasteiger partial charge on any atom is -0.444 e. The maximum atomic E-state index is 12.3. The molecule has 1 saturated heterocycles. The summed E-state index contributed by atoms with van der Waals surface area (Å²) in [7, 11) is 0. The molecular weight excluding hydrogens is 452 g/mol. The average Bonchev–Trinajstić information content (AvgIpc) is 2.79. The van der Waals surface area contributed by atoms with Crippen LogP contribution in [-0.4, -0.2) is 50.7 Å². The van der Waals surface area contributed by atoms with Crippen molar-refractivity contribution < 1.29 is 9.53 Å². The van der Waals surface area contributed by atoms with Gasteiger partial charge in [-0.2, -0.15) is 0 Å². The molecule has 0 atom stereocenters. The summed E-state index contributed by atoms with van der Waals surface area (Å²) >= 11 is 6.03. The molecule has 8 nitrogen and oxygen atoms in total. The fraction of sp³-hybridized carbons (Fsp3) is 0.360. The molecule has 2 aromatic heterocycles. The van der Waals surface area contributed by atoms with Crippen LogP contribution in [0.15, 0.2) is 55.1 Å². The van der Waals surface area contributed by atoms with Crippen LogP contribution in [0.4, 0.5) is 22.1 Å². The molecule has 0 aliphatic carbocycles. The summed E-state index contributed by atoms with van der Waals surface area (Å²) in [6.07, 6.45) is 8.56. The van der Waals surface area contributed by atoms with Gasteiger partial charge in [-0.25, -0.2) is 14.8 Å². The predicted molar refractivity (Wildman–Crippen MR) is 134 cm³/mol. The molecule has 3 heterocycles. The first-order chi connectivity index (χ1) is 16.2. The van der Waals surface area contributed by atoms with Crippen LogP contribution in [0.2, 0.25) is 5.02 Å². The smallest absolute Gasteiger partial charge is 0.410 e. The first-order valence-electron chi connectivity index (χ1n) is 11.3. The second-order valence-electron chi connectivity index (χ2n) is 9.28. The van der Waals surface area contributed by atoms with Crippen LogP contribution in [0, 0.1) is 0 Å². The normalized spacial score (nSPS) is 14.5. The van der Waals surface area contributed by atoms with Crippen LogP contribution in [0.3, 0.4) is 0 Å². The van der Waals surface area contributed by atoms with Crippen molar-refractivity contribution in [2.24, 2.45) is 0 Å². The van der Waals surface area contributed by atoms with Gasteiger partial charge in [-0.05, 0) is 57.9 Å². The zero-order valence-corrected chi connectivity index (χ0v) is 20.3. The van der Waals surface area contributed by atoms with Crippen LogP contribution in [-0.2, 0) is 4.74 Å². The fourth-order valence-electron chi connectivity index (χ4n) is 3.68. The third-order valence-electron chi connectivity index (χ3n) is 5.32. The summed E-state index contributed by atoms with van der Waals surface area (Å²) in [6, 6.07) is 9.70. The van der Waals surface area contributed by atoms with Gasteiger partial charge in [-0.1, -0.05) is 17.7 Å². The summed E-state index contributed by atoms with van der Waals surface area (Å²) in [5.74, 6) is 0.491. The molecule has 4 rings (SSSR count). The number of amides is 1. The number of piperidine rings is 1. The largest absolute Gasteiger partial charge is 0.444 e. The van der Waals surface area contributed by atoms with Gasteiger partial charge in [0.25, 0.3) is 0 Å². The maximum Gasteiger partial charge on any atom is 0.410 e. The van der Waals surface area contributed by atoms with Gasteiger partial charge in [0.2, 0.25) is 5.95 Å². The molecule has 0 radical (unpaired) electrons. The molecule has 1 aromatic carbocycles. The Morgan fingerprint density at radius 3 is 2.44 bits per heavy atom. The SMILES string of the molecule is CC(C)(C)OC(=O)N1CCC(Nc2cncc(-c3cnc(Nc4cccc(Cl)c4)nc3)c2)CC1. The monoisotopic (exact) mass is 480 g/mol. The third kappa shape index (κ3) is 6.57. The van der Waals surface area contributed by atoms with Gasteiger partial charge in [-0.3, -0.25) is 4.98 Å². The molecule has 0 bridgehead atoms. The quantitative estimate of drug-likeness (QED) is 0.480. The van der Waals surface area contributed by atoms with E-state index in [1.165, 1.54) is 0 Å². The van der Waals surface area contributed by atoms with E-state index in [-0.39, 0.29) is 12.1 Å². The van der Waals surface area contributed by atoms with Gasteiger partial charge in [0.1, 0.15) is 5.60 Å². The topological polar surface area (TPSA) is 92.3 Å². The van der Waals surface area contributed by atoms with Crippen molar-refractivity contribution in [1.29, 1.82) is 0 Å². The Morgan fingerprint density at radius 2 is 1.76 bits per heavy atom. The number of hydrogen-bond acceptors (Lipinski definition) is 7. The lowest BCUT2D eigenvalue weighted by atomic mass is 10.0. The lowest BCUT2D eigenvalue weighted by Crippen LogP contribution is -2.44. The number of pyridine rings is 1. The van der Waals surface area contributed by atoms with Gasteiger partial charge in [0.15, 0.2) is 0 Å². The zero-order valence-electron chi connectivity index (χ0n) is 19.6. The van der Waals surface area contributed by atoms with Gasteiger partial charge in [-0.15, -0.1) is 0 Å². The second kappa shape index (κ2) is 10.3. The van der Waals surface area contributed by atoms with Crippen molar-refractivity contribution in [2.75, 3.05) is 23.7 Å². The number of halogens is 1. The van der Waals surface area contributed by atoms with Gasteiger partial charge >= 0.3 is 6.09 Å². The van der Waals surface area contributed by atoms with Crippen LogP contribution in [0.1, 0.15) is 33.6 Å². The number of benzene rings is 1. The molecule has 1 aliphatic heterocycles. The van der Waals surface area contributed by atoms with Crippen molar-refractivity contribution in [3.8, 4) is 11.1 Å². The van der Waals surface area contributed by atoms with Crippen molar-refractivity contribution in [3.05, 3.63) is 60.1 Å². The van der Waals surface area contributed by atoms with Crippen LogP contribution in [0.5, 0.6) is 0 Å².